The van der Waals surface area contributed by atoms with Gasteiger partial charge in [-0.1, -0.05) is 12.1 Å². The van der Waals surface area contributed by atoms with Gasteiger partial charge in [0.05, 0.1) is 18.6 Å². The van der Waals surface area contributed by atoms with Gasteiger partial charge in [-0.05, 0) is 31.5 Å². The standard InChI is InChI=1S/C12H16N2O/c1-9(2)15-11-5-3-10(4-6-11)12(14)7-8-13/h3-6,9,12H,7,14H2,1-2H3. The van der Waals surface area contributed by atoms with Crippen molar-refractivity contribution in [3.05, 3.63) is 29.8 Å². The molecular formula is C12H16N2O. The lowest BCUT2D eigenvalue weighted by Gasteiger charge is -2.11. The van der Waals surface area contributed by atoms with Gasteiger partial charge in [0.15, 0.2) is 0 Å². The number of hydrogen-bond donors (Lipinski definition) is 1. The molecule has 15 heavy (non-hydrogen) atoms. The number of benzene rings is 1. The maximum Gasteiger partial charge on any atom is 0.119 e. The van der Waals surface area contributed by atoms with Gasteiger partial charge < -0.3 is 10.5 Å². The molecule has 0 fully saturated rings. The van der Waals surface area contributed by atoms with E-state index in [0.29, 0.717) is 6.42 Å². The van der Waals surface area contributed by atoms with E-state index in [-0.39, 0.29) is 12.1 Å². The number of ether oxygens (including phenoxy) is 1. The average Bonchev–Trinajstić information content (AvgIpc) is 2.18. The molecule has 1 aromatic rings. The normalized spacial score (nSPS) is 12.2. The Morgan fingerprint density at radius 3 is 2.40 bits per heavy atom. The number of nitrogens with zero attached hydrogens (tertiary/aromatic N) is 1. The van der Waals surface area contributed by atoms with Crippen LogP contribution in [0.5, 0.6) is 5.75 Å². The molecule has 1 aromatic carbocycles. The van der Waals surface area contributed by atoms with Crippen molar-refractivity contribution in [2.75, 3.05) is 0 Å². The first-order valence-corrected chi connectivity index (χ1v) is 5.02. The highest BCUT2D eigenvalue weighted by atomic mass is 16.5. The molecule has 0 spiro atoms. The van der Waals surface area contributed by atoms with E-state index < -0.39 is 0 Å². The molecule has 1 atom stereocenters. The largest absolute Gasteiger partial charge is 0.491 e. The molecule has 0 aliphatic heterocycles. The van der Waals surface area contributed by atoms with E-state index in [2.05, 4.69) is 6.07 Å². The van der Waals surface area contributed by atoms with Crippen molar-refractivity contribution in [1.29, 1.82) is 5.26 Å². The fraction of sp³-hybridized carbons (Fsp3) is 0.417. The third kappa shape index (κ3) is 3.61. The maximum absolute atomic E-state index is 8.52. The maximum atomic E-state index is 8.52. The van der Waals surface area contributed by atoms with E-state index in [1.807, 2.05) is 38.1 Å². The minimum atomic E-state index is -0.205. The van der Waals surface area contributed by atoms with Gasteiger partial charge in [-0.15, -0.1) is 0 Å². The van der Waals surface area contributed by atoms with Crippen LogP contribution in [0, 0.1) is 11.3 Å². The van der Waals surface area contributed by atoms with Gasteiger partial charge in [-0.25, -0.2) is 0 Å². The highest BCUT2D eigenvalue weighted by Gasteiger charge is 2.05. The van der Waals surface area contributed by atoms with Crippen molar-refractivity contribution in [3.63, 3.8) is 0 Å². The van der Waals surface area contributed by atoms with E-state index in [1.54, 1.807) is 0 Å². The molecule has 1 rings (SSSR count). The Morgan fingerprint density at radius 2 is 1.93 bits per heavy atom. The molecule has 80 valence electrons. The lowest BCUT2D eigenvalue weighted by molar-refractivity contribution is 0.242. The topological polar surface area (TPSA) is 59.0 Å². The van der Waals surface area contributed by atoms with Crippen LogP contribution in [0.15, 0.2) is 24.3 Å². The van der Waals surface area contributed by atoms with Crippen molar-refractivity contribution < 1.29 is 4.74 Å². The second kappa shape index (κ2) is 5.38. The second-order valence-electron chi connectivity index (χ2n) is 3.70. The minimum Gasteiger partial charge on any atom is -0.491 e. The van der Waals surface area contributed by atoms with Crippen LogP contribution in [0.1, 0.15) is 31.9 Å². The number of nitriles is 1. The predicted octanol–water partition coefficient (Wildman–Crippen LogP) is 2.39. The average molecular weight is 204 g/mol. The molecule has 1 unspecified atom stereocenters. The van der Waals surface area contributed by atoms with Crippen molar-refractivity contribution in [3.8, 4) is 11.8 Å². The zero-order chi connectivity index (χ0) is 11.3. The lowest BCUT2D eigenvalue weighted by atomic mass is 10.1. The van der Waals surface area contributed by atoms with Crippen LogP contribution in [-0.4, -0.2) is 6.10 Å². The van der Waals surface area contributed by atoms with Crippen LogP contribution in [-0.2, 0) is 0 Å². The van der Waals surface area contributed by atoms with Crippen molar-refractivity contribution in [2.45, 2.75) is 32.4 Å². The zero-order valence-corrected chi connectivity index (χ0v) is 9.10. The highest BCUT2D eigenvalue weighted by Crippen LogP contribution is 2.18. The molecule has 0 amide bonds. The van der Waals surface area contributed by atoms with Crippen molar-refractivity contribution in [2.24, 2.45) is 5.73 Å². The highest BCUT2D eigenvalue weighted by molar-refractivity contribution is 5.29. The third-order valence-corrected chi connectivity index (χ3v) is 1.99. The lowest BCUT2D eigenvalue weighted by Crippen LogP contribution is -2.09. The molecule has 0 saturated carbocycles. The Balaban J connectivity index is 2.68. The summed E-state index contributed by atoms with van der Waals surface area (Å²) in [4.78, 5) is 0. The van der Waals surface area contributed by atoms with Crippen molar-refractivity contribution in [1.82, 2.24) is 0 Å². The number of hydrogen-bond acceptors (Lipinski definition) is 3. The monoisotopic (exact) mass is 204 g/mol. The summed E-state index contributed by atoms with van der Waals surface area (Å²) in [5.41, 5.74) is 6.76. The van der Waals surface area contributed by atoms with E-state index in [9.17, 15) is 0 Å². The first-order valence-electron chi connectivity index (χ1n) is 5.02. The Labute approximate surface area is 90.5 Å². The van der Waals surface area contributed by atoms with Gasteiger partial charge in [-0.2, -0.15) is 5.26 Å². The predicted molar refractivity (Wildman–Crippen MR) is 59.4 cm³/mol. The number of rotatable bonds is 4. The summed E-state index contributed by atoms with van der Waals surface area (Å²) in [6.07, 6.45) is 0.508. The molecule has 0 bridgehead atoms. The summed E-state index contributed by atoms with van der Waals surface area (Å²) >= 11 is 0. The molecule has 0 radical (unpaired) electrons. The summed E-state index contributed by atoms with van der Waals surface area (Å²) in [6, 6.07) is 9.42. The van der Waals surface area contributed by atoms with Crippen LogP contribution < -0.4 is 10.5 Å². The van der Waals surface area contributed by atoms with E-state index in [0.717, 1.165) is 11.3 Å². The van der Waals surface area contributed by atoms with Crippen LogP contribution in [0.25, 0.3) is 0 Å². The SMILES string of the molecule is CC(C)Oc1ccc(C(N)CC#N)cc1. The second-order valence-corrected chi connectivity index (χ2v) is 3.70. The Bertz CT molecular complexity index is 338. The molecular weight excluding hydrogens is 188 g/mol. The molecule has 3 heteroatoms. The molecule has 0 saturated heterocycles. The molecule has 2 N–H and O–H groups in total. The smallest absolute Gasteiger partial charge is 0.119 e. The van der Waals surface area contributed by atoms with Gasteiger partial charge in [0.1, 0.15) is 5.75 Å². The summed E-state index contributed by atoms with van der Waals surface area (Å²) < 4.78 is 5.50. The van der Waals surface area contributed by atoms with Gasteiger partial charge in [0.2, 0.25) is 0 Å². The summed E-state index contributed by atoms with van der Waals surface area (Å²) in [6.45, 7) is 3.96. The van der Waals surface area contributed by atoms with Gasteiger partial charge in [-0.3, -0.25) is 0 Å². The fourth-order valence-electron chi connectivity index (χ4n) is 1.28. The van der Waals surface area contributed by atoms with Crippen LogP contribution in [0.3, 0.4) is 0 Å². The van der Waals surface area contributed by atoms with Crippen LogP contribution in [0.2, 0.25) is 0 Å². The quantitative estimate of drug-likeness (QED) is 0.819. The number of nitrogens with two attached hydrogens (primary N) is 1. The van der Waals surface area contributed by atoms with E-state index >= 15 is 0 Å². The van der Waals surface area contributed by atoms with Gasteiger partial charge in [0, 0.05) is 6.04 Å². The Morgan fingerprint density at radius 1 is 1.33 bits per heavy atom. The fourth-order valence-corrected chi connectivity index (χ4v) is 1.28. The summed E-state index contributed by atoms with van der Waals surface area (Å²) in [5.74, 6) is 0.831. The molecule has 0 aromatic heterocycles. The summed E-state index contributed by atoms with van der Waals surface area (Å²) in [7, 11) is 0. The van der Waals surface area contributed by atoms with Crippen LogP contribution in [0.4, 0.5) is 0 Å². The van der Waals surface area contributed by atoms with Crippen molar-refractivity contribution >= 4 is 0 Å². The molecule has 0 heterocycles. The Hall–Kier alpha value is -1.53. The summed E-state index contributed by atoms with van der Waals surface area (Å²) in [5, 5.41) is 8.52. The van der Waals surface area contributed by atoms with E-state index in [1.165, 1.54) is 0 Å². The minimum absolute atomic E-state index is 0.170. The molecule has 0 aliphatic carbocycles. The third-order valence-electron chi connectivity index (χ3n) is 1.99. The first-order chi connectivity index (χ1) is 7.13. The first kappa shape index (κ1) is 11.5. The van der Waals surface area contributed by atoms with Gasteiger partial charge in [0.25, 0.3) is 0 Å². The van der Waals surface area contributed by atoms with E-state index in [4.69, 9.17) is 15.7 Å². The van der Waals surface area contributed by atoms with Gasteiger partial charge >= 0.3 is 0 Å². The Kier molecular flexibility index (Phi) is 4.14. The molecule has 0 aliphatic rings. The molecule has 3 nitrogen and oxygen atoms in total. The zero-order valence-electron chi connectivity index (χ0n) is 9.10. The van der Waals surface area contributed by atoms with Crippen LogP contribution >= 0.6 is 0 Å².